The van der Waals surface area contributed by atoms with E-state index in [0.29, 0.717) is 16.5 Å². The second kappa shape index (κ2) is 5.92. The Kier molecular flexibility index (Phi) is 4.25. The van der Waals surface area contributed by atoms with E-state index in [0.717, 1.165) is 11.6 Å². The number of amides is 1. The zero-order chi connectivity index (χ0) is 14.7. The third-order valence-electron chi connectivity index (χ3n) is 2.84. The molecule has 0 aliphatic rings. The van der Waals surface area contributed by atoms with Crippen molar-refractivity contribution in [2.24, 2.45) is 0 Å². The Bertz CT molecular complexity index is 658. The molecule has 2 aromatic carbocycles. The first-order valence-electron chi connectivity index (χ1n) is 5.92. The van der Waals surface area contributed by atoms with Crippen molar-refractivity contribution in [1.82, 2.24) is 0 Å². The molecule has 2 rings (SSSR count). The van der Waals surface area contributed by atoms with Gasteiger partial charge in [0, 0.05) is 10.7 Å². The van der Waals surface area contributed by atoms with Crippen molar-refractivity contribution in [3.05, 3.63) is 58.4 Å². The van der Waals surface area contributed by atoms with Gasteiger partial charge in [0.25, 0.3) is 5.91 Å². The molecule has 1 N–H and O–H groups in total. The van der Waals surface area contributed by atoms with Gasteiger partial charge in [-0.3, -0.25) is 4.79 Å². The lowest BCUT2D eigenvalue weighted by molar-refractivity contribution is 0.102. The number of nitrogens with one attached hydrogen (secondary N) is 1. The molecule has 0 radical (unpaired) electrons. The van der Waals surface area contributed by atoms with Gasteiger partial charge in [-0.2, -0.15) is 0 Å². The third kappa shape index (κ3) is 3.08. The van der Waals surface area contributed by atoms with Crippen LogP contribution in [-0.2, 0) is 0 Å². The summed E-state index contributed by atoms with van der Waals surface area (Å²) in [6.45, 7) is 1.82. The van der Waals surface area contributed by atoms with Crippen LogP contribution in [0.15, 0.2) is 36.4 Å². The standard InChI is InChI=1S/C15H13ClFNO2/c1-9-7-10(16)3-5-13(9)18-15(19)12-8-11(17)4-6-14(12)20-2/h3-8H,1-2H3,(H,18,19). The van der Waals surface area contributed by atoms with E-state index in [2.05, 4.69) is 5.32 Å². The number of aryl methyl sites for hydroxylation is 1. The number of hydrogen-bond acceptors (Lipinski definition) is 2. The number of ether oxygens (including phenoxy) is 1. The lowest BCUT2D eigenvalue weighted by atomic mass is 10.1. The van der Waals surface area contributed by atoms with Crippen molar-refractivity contribution < 1.29 is 13.9 Å². The summed E-state index contributed by atoms with van der Waals surface area (Å²) in [4.78, 5) is 12.2. The second-order valence-corrected chi connectivity index (χ2v) is 4.69. The molecule has 1 amide bonds. The summed E-state index contributed by atoms with van der Waals surface area (Å²) in [5.41, 5.74) is 1.58. The van der Waals surface area contributed by atoms with Crippen LogP contribution in [0, 0.1) is 12.7 Å². The van der Waals surface area contributed by atoms with Crippen molar-refractivity contribution in [2.45, 2.75) is 6.92 Å². The molecule has 0 fully saturated rings. The van der Waals surface area contributed by atoms with Crippen LogP contribution in [0.2, 0.25) is 5.02 Å². The number of carbonyl (C=O) groups excluding carboxylic acids is 1. The van der Waals surface area contributed by atoms with Crippen LogP contribution >= 0.6 is 11.6 Å². The van der Waals surface area contributed by atoms with E-state index in [1.165, 1.54) is 19.2 Å². The van der Waals surface area contributed by atoms with Crippen LogP contribution in [0.1, 0.15) is 15.9 Å². The predicted octanol–water partition coefficient (Wildman–Crippen LogP) is 4.05. The Morgan fingerprint density at radius 1 is 1.25 bits per heavy atom. The van der Waals surface area contributed by atoms with Gasteiger partial charge < -0.3 is 10.1 Å². The van der Waals surface area contributed by atoms with Crippen molar-refractivity contribution in [3.63, 3.8) is 0 Å². The molecule has 3 nitrogen and oxygen atoms in total. The highest BCUT2D eigenvalue weighted by molar-refractivity contribution is 6.30. The van der Waals surface area contributed by atoms with E-state index >= 15 is 0 Å². The summed E-state index contributed by atoms with van der Waals surface area (Å²) in [5.74, 6) is -0.619. The van der Waals surface area contributed by atoms with Gasteiger partial charge >= 0.3 is 0 Å². The van der Waals surface area contributed by atoms with Crippen molar-refractivity contribution in [3.8, 4) is 5.75 Å². The molecule has 0 unspecified atom stereocenters. The number of carbonyl (C=O) groups is 1. The van der Waals surface area contributed by atoms with E-state index in [4.69, 9.17) is 16.3 Å². The average molecular weight is 294 g/mol. The summed E-state index contributed by atoms with van der Waals surface area (Å²) < 4.78 is 18.3. The third-order valence-corrected chi connectivity index (χ3v) is 3.08. The molecule has 0 spiro atoms. The minimum atomic E-state index is -0.497. The Labute approximate surface area is 121 Å². The monoisotopic (exact) mass is 293 g/mol. The topological polar surface area (TPSA) is 38.3 Å². The Morgan fingerprint density at radius 2 is 2.00 bits per heavy atom. The lowest BCUT2D eigenvalue weighted by Crippen LogP contribution is -2.14. The smallest absolute Gasteiger partial charge is 0.259 e. The Balaban J connectivity index is 2.30. The van der Waals surface area contributed by atoms with Gasteiger partial charge in [0.2, 0.25) is 0 Å². The van der Waals surface area contributed by atoms with Crippen molar-refractivity contribution in [2.75, 3.05) is 12.4 Å². The molecule has 20 heavy (non-hydrogen) atoms. The zero-order valence-corrected chi connectivity index (χ0v) is 11.8. The maximum Gasteiger partial charge on any atom is 0.259 e. The van der Waals surface area contributed by atoms with E-state index < -0.39 is 11.7 Å². The Morgan fingerprint density at radius 3 is 2.65 bits per heavy atom. The van der Waals surface area contributed by atoms with E-state index in [-0.39, 0.29) is 5.56 Å². The predicted molar refractivity (Wildman–Crippen MR) is 77.1 cm³/mol. The SMILES string of the molecule is COc1ccc(F)cc1C(=O)Nc1ccc(Cl)cc1C. The highest BCUT2D eigenvalue weighted by atomic mass is 35.5. The normalized spacial score (nSPS) is 10.2. The zero-order valence-electron chi connectivity index (χ0n) is 11.0. The van der Waals surface area contributed by atoms with Gasteiger partial charge in [-0.25, -0.2) is 4.39 Å². The maximum atomic E-state index is 13.3. The average Bonchev–Trinajstić information content (AvgIpc) is 2.41. The largest absolute Gasteiger partial charge is 0.496 e. The molecule has 0 atom stereocenters. The first-order valence-corrected chi connectivity index (χ1v) is 6.30. The number of halogens is 2. The number of hydrogen-bond donors (Lipinski definition) is 1. The summed E-state index contributed by atoms with van der Waals surface area (Å²) >= 11 is 5.86. The van der Waals surface area contributed by atoms with Gasteiger partial charge in [0.15, 0.2) is 0 Å². The van der Waals surface area contributed by atoms with E-state index in [1.807, 2.05) is 6.92 Å². The summed E-state index contributed by atoms with van der Waals surface area (Å²) in [5, 5.41) is 3.30. The van der Waals surface area contributed by atoms with Crippen LogP contribution in [-0.4, -0.2) is 13.0 Å². The fraction of sp³-hybridized carbons (Fsp3) is 0.133. The first kappa shape index (κ1) is 14.3. The summed E-state index contributed by atoms with van der Waals surface area (Å²) in [6, 6.07) is 8.90. The minimum Gasteiger partial charge on any atom is -0.496 e. The molecule has 2 aromatic rings. The van der Waals surface area contributed by atoms with E-state index in [9.17, 15) is 9.18 Å². The van der Waals surface area contributed by atoms with Crippen molar-refractivity contribution >= 4 is 23.2 Å². The lowest BCUT2D eigenvalue weighted by Gasteiger charge is -2.11. The van der Waals surface area contributed by atoms with Crippen LogP contribution in [0.25, 0.3) is 0 Å². The van der Waals surface area contributed by atoms with E-state index in [1.54, 1.807) is 18.2 Å². The number of benzene rings is 2. The van der Waals surface area contributed by atoms with Gasteiger partial charge in [-0.15, -0.1) is 0 Å². The van der Waals surface area contributed by atoms with Crippen LogP contribution in [0.5, 0.6) is 5.75 Å². The molecule has 0 bridgehead atoms. The fourth-order valence-electron chi connectivity index (χ4n) is 1.81. The molecule has 0 aliphatic heterocycles. The van der Waals surface area contributed by atoms with Gasteiger partial charge in [-0.1, -0.05) is 11.6 Å². The van der Waals surface area contributed by atoms with Crippen LogP contribution in [0.3, 0.4) is 0 Å². The number of methoxy groups -OCH3 is 1. The molecule has 0 heterocycles. The fourth-order valence-corrected chi connectivity index (χ4v) is 2.04. The van der Waals surface area contributed by atoms with Gasteiger partial charge in [-0.05, 0) is 48.9 Å². The maximum absolute atomic E-state index is 13.3. The molecule has 0 aliphatic carbocycles. The quantitative estimate of drug-likeness (QED) is 0.927. The molecular formula is C15H13ClFNO2. The molecule has 5 heteroatoms. The summed E-state index contributed by atoms with van der Waals surface area (Å²) in [7, 11) is 1.43. The molecule has 0 aromatic heterocycles. The van der Waals surface area contributed by atoms with Crippen molar-refractivity contribution in [1.29, 1.82) is 0 Å². The highest BCUT2D eigenvalue weighted by Gasteiger charge is 2.14. The number of anilines is 1. The Hall–Kier alpha value is -2.07. The van der Waals surface area contributed by atoms with Gasteiger partial charge in [0.1, 0.15) is 11.6 Å². The summed E-state index contributed by atoms with van der Waals surface area (Å²) in [6.07, 6.45) is 0. The molecular weight excluding hydrogens is 281 g/mol. The molecule has 104 valence electrons. The first-order chi connectivity index (χ1) is 9.51. The minimum absolute atomic E-state index is 0.141. The second-order valence-electron chi connectivity index (χ2n) is 4.26. The van der Waals surface area contributed by atoms with Crippen LogP contribution in [0.4, 0.5) is 10.1 Å². The molecule has 0 saturated carbocycles. The van der Waals surface area contributed by atoms with Crippen LogP contribution < -0.4 is 10.1 Å². The number of rotatable bonds is 3. The molecule has 0 saturated heterocycles. The highest BCUT2D eigenvalue weighted by Crippen LogP contribution is 2.23. The van der Waals surface area contributed by atoms with Gasteiger partial charge in [0.05, 0.1) is 12.7 Å².